The van der Waals surface area contributed by atoms with E-state index in [2.05, 4.69) is 211 Å². The molecule has 0 saturated carbocycles. The molecule has 0 aliphatic carbocycles. The second-order valence-corrected chi connectivity index (χ2v) is 14.4. The zero-order valence-corrected chi connectivity index (χ0v) is 31.8. The number of benzene rings is 7. The molecule has 7 rings (SSSR count). The van der Waals surface area contributed by atoms with E-state index in [-0.39, 0.29) is 0 Å². The lowest BCUT2D eigenvalue weighted by Gasteiger charge is -2.31. The maximum atomic E-state index is 2.44. The van der Waals surface area contributed by atoms with Crippen molar-refractivity contribution in [3.63, 3.8) is 0 Å². The highest BCUT2D eigenvalue weighted by Gasteiger charge is 2.21. The van der Waals surface area contributed by atoms with Gasteiger partial charge in [0.15, 0.2) is 0 Å². The van der Waals surface area contributed by atoms with Gasteiger partial charge in [0.05, 0.1) is 11.4 Å². The zero-order chi connectivity index (χ0) is 36.5. The molecule has 0 saturated heterocycles. The van der Waals surface area contributed by atoms with Crippen molar-refractivity contribution in [1.82, 2.24) is 0 Å². The predicted molar refractivity (Wildman–Crippen MR) is 225 cm³/mol. The molecule has 52 heavy (non-hydrogen) atoms. The van der Waals surface area contributed by atoms with E-state index >= 15 is 0 Å². The van der Waals surface area contributed by atoms with Crippen LogP contribution in [0.3, 0.4) is 0 Å². The normalized spacial score (nSPS) is 11.1. The number of hydrogen-bond donors (Lipinski definition) is 0. The highest BCUT2D eigenvalue weighted by atomic mass is 15.2. The fourth-order valence-corrected chi connectivity index (χ4v) is 7.67. The van der Waals surface area contributed by atoms with Gasteiger partial charge in [0, 0.05) is 22.7 Å². The zero-order valence-electron chi connectivity index (χ0n) is 31.8. The summed E-state index contributed by atoms with van der Waals surface area (Å²) in [5.41, 5.74) is 22.1. The van der Waals surface area contributed by atoms with E-state index in [1.54, 1.807) is 0 Å². The second-order valence-electron chi connectivity index (χ2n) is 14.4. The van der Waals surface area contributed by atoms with Gasteiger partial charge in [0.25, 0.3) is 0 Å². The second kappa shape index (κ2) is 14.4. The van der Waals surface area contributed by atoms with Gasteiger partial charge in [-0.3, -0.25) is 0 Å². The minimum Gasteiger partial charge on any atom is -0.310 e. The SMILES string of the molecule is Cc1ccc(N(c2ccc(-c3ccc(-c4ccc(N(c5c(C)cccc5C)c5c(C)cccc5C)cc4)cc3)cc2)c2ccc(C)cc2C)c(C)c1. The van der Waals surface area contributed by atoms with Gasteiger partial charge in [0.1, 0.15) is 0 Å². The van der Waals surface area contributed by atoms with Gasteiger partial charge in [-0.1, -0.05) is 120 Å². The maximum Gasteiger partial charge on any atom is 0.0520 e. The Morgan fingerprint density at radius 1 is 0.288 bits per heavy atom. The van der Waals surface area contributed by atoms with Gasteiger partial charge in [-0.15, -0.1) is 0 Å². The molecule has 0 radical (unpaired) electrons. The van der Waals surface area contributed by atoms with Crippen LogP contribution in [0.1, 0.15) is 44.5 Å². The Balaban J connectivity index is 1.18. The molecule has 7 aromatic rings. The van der Waals surface area contributed by atoms with Crippen LogP contribution in [0.25, 0.3) is 22.3 Å². The van der Waals surface area contributed by atoms with Crippen LogP contribution < -0.4 is 9.80 Å². The van der Waals surface area contributed by atoms with Crippen LogP contribution in [0.15, 0.2) is 146 Å². The van der Waals surface area contributed by atoms with Crippen molar-refractivity contribution >= 4 is 34.1 Å². The van der Waals surface area contributed by atoms with Crippen LogP contribution in [0.5, 0.6) is 0 Å². The number of rotatable bonds is 8. The van der Waals surface area contributed by atoms with E-state index in [1.807, 2.05) is 0 Å². The predicted octanol–water partition coefficient (Wildman–Crippen LogP) is 14.4. The third-order valence-electron chi connectivity index (χ3n) is 10.3. The summed E-state index contributed by atoms with van der Waals surface area (Å²) in [5, 5.41) is 0. The van der Waals surface area contributed by atoms with Crippen LogP contribution >= 0.6 is 0 Å². The average Bonchev–Trinajstić information content (AvgIpc) is 3.13. The molecule has 0 bridgehead atoms. The number of para-hydroxylation sites is 2. The standard InChI is InChI=1S/C50H48N2/c1-33-15-29-47(39(7)31-33)51(48-30-16-34(2)32-40(48)8)45-25-21-43(22-26-45)41-17-19-42(20-18-41)44-23-27-46(28-24-44)52(49-35(3)11-9-12-36(49)4)50-37(5)13-10-14-38(50)6/h9-32H,1-8H3. The lowest BCUT2D eigenvalue weighted by atomic mass is 9.98. The highest BCUT2D eigenvalue weighted by molar-refractivity contribution is 5.85. The summed E-state index contributed by atoms with van der Waals surface area (Å²) in [6.45, 7) is 17.5. The lowest BCUT2D eigenvalue weighted by molar-refractivity contribution is 1.18. The van der Waals surface area contributed by atoms with Crippen molar-refractivity contribution in [2.24, 2.45) is 0 Å². The molecule has 0 N–H and O–H groups in total. The highest BCUT2D eigenvalue weighted by Crippen LogP contribution is 2.43. The number of hydrogen-bond acceptors (Lipinski definition) is 2. The van der Waals surface area contributed by atoms with Gasteiger partial charge in [-0.25, -0.2) is 0 Å². The fourth-order valence-electron chi connectivity index (χ4n) is 7.67. The molecule has 7 aromatic carbocycles. The molecule has 2 heteroatoms. The Kier molecular flexibility index (Phi) is 9.58. The summed E-state index contributed by atoms with van der Waals surface area (Å²) in [6.07, 6.45) is 0. The Labute approximate surface area is 310 Å². The van der Waals surface area contributed by atoms with Crippen molar-refractivity contribution in [2.45, 2.75) is 55.4 Å². The van der Waals surface area contributed by atoms with E-state index in [9.17, 15) is 0 Å². The largest absolute Gasteiger partial charge is 0.310 e. The van der Waals surface area contributed by atoms with Crippen molar-refractivity contribution in [2.75, 3.05) is 9.80 Å². The van der Waals surface area contributed by atoms with E-state index in [4.69, 9.17) is 0 Å². The molecule has 258 valence electrons. The van der Waals surface area contributed by atoms with Crippen molar-refractivity contribution in [3.05, 3.63) is 190 Å². The minimum atomic E-state index is 1.15. The fraction of sp³-hybridized carbons (Fsp3) is 0.160. The lowest BCUT2D eigenvalue weighted by Crippen LogP contribution is -2.15. The Morgan fingerprint density at radius 2 is 0.596 bits per heavy atom. The molecule has 0 spiro atoms. The average molecular weight is 677 g/mol. The molecule has 0 aliphatic rings. The van der Waals surface area contributed by atoms with Crippen LogP contribution in [0.4, 0.5) is 34.1 Å². The molecule has 0 aromatic heterocycles. The third-order valence-corrected chi connectivity index (χ3v) is 10.3. The van der Waals surface area contributed by atoms with Crippen LogP contribution in [-0.2, 0) is 0 Å². The molecular weight excluding hydrogens is 629 g/mol. The molecule has 0 unspecified atom stereocenters. The maximum absolute atomic E-state index is 2.44. The van der Waals surface area contributed by atoms with E-state index in [1.165, 1.54) is 89.5 Å². The third kappa shape index (κ3) is 6.77. The Bertz CT molecular complexity index is 2220. The molecular formula is C50H48N2. The summed E-state index contributed by atoms with van der Waals surface area (Å²) in [4.78, 5) is 4.83. The molecule has 0 atom stereocenters. The summed E-state index contributed by atoms with van der Waals surface area (Å²) >= 11 is 0. The summed E-state index contributed by atoms with van der Waals surface area (Å²) < 4.78 is 0. The molecule has 0 fully saturated rings. The molecule has 0 heterocycles. The number of anilines is 6. The number of nitrogens with zero attached hydrogens (tertiary/aromatic N) is 2. The Hall–Kier alpha value is -5.86. The number of aryl methyl sites for hydroxylation is 8. The first-order valence-corrected chi connectivity index (χ1v) is 18.3. The molecule has 0 aliphatic heterocycles. The first kappa shape index (κ1) is 34.6. The first-order chi connectivity index (χ1) is 25.1. The summed E-state index contributed by atoms with van der Waals surface area (Å²) in [7, 11) is 0. The van der Waals surface area contributed by atoms with Crippen molar-refractivity contribution in [1.29, 1.82) is 0 Å². The van der Waals surface area contributed by atoms with Gasteiger partial charge >= 0.3 is 0 Å². The van der Waals surface area contributed by atoms with Crippen LogP contribution in [0, 0.1) is 55.4 Å². The quantitative estimate of drug-likeness (QED) is 0.158. The van der Waals surface area contributed by atoms with E-state index in [0.29, 0.717) is 0 Å². The van der Waals surface area contributed by atoms with Gasteiger partial charge in [-0.05, 0) is 147 Å². The monoisotopic (exact) mass is 676 g/mol. The summed E-state index contributed by atoms with van der Waals surface area (Å²) in [6, 6.07) is 53.5. The smallest absolute Gasteiger partial charge is 0.0520 e. The topological polar surface area (TPSA) is 6.48 Å². The van der Waals surface area contributed by atoms with Crippen LogP contribution in [0.2, 0.25) is 0 Å². The van der Waals surface area contributed by atoms with E-state index in [0.717, 1.165) is 11.4 Å². The van der Waals surface area contributed by atoms with Crippen molar-refractivity contribution < 1.29 is 0 Å². The molecule has 0 amide bonds. The Morgan fingerprint density at radius 3 is 0.923 bits per heavy atom. The van der Waals surface area contributed by atoms with Crippen molar-refractivity contribution in [3.8, 4) is 22.3 Å². The van der Waals surface area contributed by atoms with E-state index < -0.39 is 0 Å². The van der Waals surface area contributed by atoms with Gasteiger partial charge in [-0.2, -0.15) is 0 Å². The minimum absolute atomic E-state index is 1.15. The van der Waals surface area contributed by atoms with Gasteiger partial charge < -0.3 is 9.80 Å². The first-order valence-electron chi connectivity index (χ1n) is 18.3. The summed E-state index contributed by atoms with van der Waals surface area (Å²) in [5.74, 6) is 0. The van der Waals surface area contributed by atoms with Gasteiger partial charge in [0.2, 0.25) is 0 Å². The molecule has 2 nitrogen and oxygen atoms in total. The van der Waals surface area contributed by atoms with Crippen LogP contribution in [-0.4, -0.2) is 0 Å².